The van der Waals surface area contributed by atoms with Gasteiger partial charge in [-0.3, -0.25) is 19.2 Å². The molecule has 2 aliphatic heterocycles. The van der Waals surface area contributed by atoms with Crippen molar-refractivity contribution in [2.75, 3.05) is 37.7 Å². The average molecular weight is 504 g/mol. The minimum atomic E-state index is -0.0718. The fraction of sp³-hybridized carbons (Fsp3) is 0.400. The number of aromatic nitrogens is 3. The number of likely N-dealkylation sites (tertiary alicyclic amines) is 1. The van der Waals surface area contributed by atoms with Crippen molar-refractivity contribution in [3.05, 3.63) is 76.3 Å². The van der Waals surface area contributed by atoms with Crippen molar-refractivity contribution in [2.45, 2.75) is 25.5 Å². The van der Waals surface area contributed by atoms with Gasteiger partial charge < -0.3 is 9.64 Å². The third-order valence-corrected chi connectivity index (χ3v) is 6.36. The van der Waals surface area contributed by atoms with Crippen molar-refractivity contribution < 1.29 is 4.74 Å². The predicted octanol–water partition coefficient (Wildman–Crippen LogP) is 3.86. The number of ether oxygens (including phenoxy) is 1. The molecule has 2 aliphatic rings. The van der Waals surface area contributed by atoms with E-state index >= 15 is 0 Å². The minimum Gasteiger partial charge on any atom is -0.370 e. The van der Waals surface area contributed by atoms with Gasteiger partial charge in [0.15, 0.2) is 0 Å². The van der Waals surface area contributed by atoms with Gasteiger partial charge in [0, 0.05) is 44.2 Å². The molecule has 0 N–H and O–H groups in total. The molecule has 2 fully saturated rings. The lowest BCUT2D eigenvalue weighted by atomic mass is 10.0. The molecule has 182 valence electrons. The molecule has 7 nitrogen and oxygen atoms in total. The van der Waals surface area contributed by atoms with Crippen LogP contribution in [0.4, 0.5) is 5.95 Å². The van der Waals surface area contributed by atoms with Crippen molar-refractivity contribution >= 4 is 30.8 Å². The Morgan fingerprint density at radius 2 is 1.79 bits per heavy atom. The third-order valence-electron chi connectivity index (χ3n) is 6.36. The molecule has 0 saturated carbocycles. The van der Waals surface area contributed by atoms with E-state index in [1.165, 1.54) is 37.1 Å². The van der Waals surface area contributed by atoms with Gasteiger partial charge in [0.25, 0.3) is 5.56 Å². The Bertz CT molecular complexity index is 1140. The van der Waals surface area contributed by atoms with Crippen LogP contribution in [0, 0.1) is 0 Å². The fourth-order valence-electron chi connectivity index (χ4n) is 4.60. The number of nitrogens with zero attached hydrogens (tertiary/aromatic N) is 5. The van der Waals surface area contributed by atoms with Crippen LogP contribution in [0.15, 0.2) is 59.7 Å². The number of hydrogen-bond donors (Lipinski definition) is 0. The van der Waals surface area contributed by atoms with Crippen molar-refractivity contribution in [1.29, 1.82) is 0 Å². The smallest absolute Gasteiger partial charge is 0.255 e. The van der Waals surface area contributed by atoms with Crippen LogP contribution in [0.25, 0.3) is 11.3 Å². The monoisotopic (exact) mass is 503 g/mol. The van der Waals surface area contributed by atoms with E-state index in [1.54, 1.807) is 30.1 Å². The average Bonchev–Trinajstić information content (AvgIpc) is 3.34. The summed E-state index contributed by atoms with van der Waals surface area (Å²) in [5, 5.41) is 0. The predicted molar refractivity (Wildman–Crippen MR) is 139 cm³/mol. The van der Waals surface area contributed by atoms with E-state index in [-0.39, 0.29) is 36.5 Å². The number of anilines is 1. The van der Waals surface area contributed by atoms with Crippen molar-refractivity contribution in [1.82, 2.24) is 19.4 Å². The fourth-order valence-corrected chi connectivity index (χ4v) is 4.60. The molecule has 0 spiro atoms. The summed E-state index contributed by atoms with van der Waals surface area (Å²) in [5.74, 6) is 0.672. The molecule has 1 atom stereocenters. The SMILES string of the molecule is Cl.Cl.Cn1c(N2CCOC(c3cccc(CN4CCCC4)c3)C2)nc(-c2ccncc2)cc1=O. The first-order valence-electron chi connectivity index (χ1n) is 11.3. The van der Waals surface area contributed by atoms with E-state index < -0.39 is 0 Å². The second-order valence-electron chi connectivity index (χ2n) is 8.61. The highest BCUT2D eigenvalue weighted by Crippen LogP contribution is 2.27. The molecular weight excluding hydrogens is 473 g/mol. The number of benzene rings is 1. The Morgan fingerprint density at radius 1 is 1.03 bits per heavy atom. The number of hydrogen-bond acceptors (Lipinski definition) is 6. The molecule has 9 heteroatoms. The molecule has 2 saturated heterocycles. The molecule has 34 heavy (non-hydrogen) atoms. The summed E-state index contributed by atoms with van der Waals surface area (Å²) < 4.78 is 7.77. The zero-order valence-electron chi connectivity index (χ0n) is 19.3. The van der Waals surface area contributed by atoms with Gasteiger partial charge in [-0.15, -0.1) is 24.8 Å². The van der Waals surface area contributed by atoms with Crippen LogP contribution in [-0.4, -0.2) is 52.2 Å². The summed E-state index contributed by atoms with van der Waals surface area (Å²) in [6, 6.07) is 14.1. The van der Waals surface area contributed by atoms with Crippen LogP contribution >= 0.6 is 24.8 Å². The second-order valence-corrected chi connectivity index (χ2v) is 8.61. The maximum Gasteiger partial charge on any atom is 0.255 e. The number of halogens is 2. The maximum atomic E-state index is 12.7. The van der Waals surface area contributed by atoms with Crippen LogP contribution in [0.2, 0.25) is 0 Å². The maximum absolute atomic E-state index is 12.7. The highest BCUT2D eigenvalue weighted by Gasteiger charge is 2.25. The number of rotatable bonds is 5. The van der Waals surface area contributed by atoms with E-state index in [4.69, 9.17) is 9.72 Å². The zero-order chi connectivity index (χ0) is 21.9. The first-order valence-corrected chi connectivity index (χ1v) is 11.3. The Labute approximate surface area is 212 Å². The normalized spacial score (nSPS) is 18.3. The molecule has 4 heterocycles. The van der Waals surface area contributed by atoms with E-state index in [0.29, 0.717) is 31.3 Å². The van der Waals surface area contributed by atoms with Gasteiger partial charge in [0.2, 0.25) is 5.95 Å². The lowest BCUT2D eigenvalue weighted by molar-refractivity contribution is 0.0389. The van der Waals surface area contributed by atoms with E-state index in [2.05, 4.69) is 39.0 Å². The summed E-state index contributed by atoms with van der Waals surface area (Å²) >= 11 is 0. The highest BCUT2D eigenvalue weighted by molar-refractivity contribution is 5.85. The van der Waals surface area contributed by atoms with Gasteiger partial charge in [-0.05, 0) is 49.2 Å². The molecule has 0 radical (unpaired) electrons. The van der Waals surface area contributed by atoms with E-state index in [0.717, 1.165) is 12.1 Å². The standard InChI is InChI=1S/C25H29N5O2.2ClH/c1-28-24(31)16-22(20-7-9-26-10-8-20)27-25(28)30-13-14-32-23(18-30)21-6-4-5-19(15-21)17-29-11-2-3-12-29;;/h4-10,15-16,23H,2-3,11-14,17-18H2,1H3;2*1H. The molecule has 2 aromatic heterocycles. The first kappa shape index (κ1) is 26.2. The molecular formula is C25H31Cl2N5O2. The molecule has 0 amide bonds. The largest absolute Gasteiger partial charge is 0.370 e. The Balaban J connectivity index is 0.00000162. The van der Waals surface area contributed by atoms with E-state index in [9.17, 15) is 4.79 Å². The van der Waals surface area contributed by atoms with Crippen molar-refractivity contribution in [2.24, 2.45) is 7.05 Å². The van der Waals surface area contributed by atoms with Crippen LogP contribution in [0.3, 0.4) is 0 Å². The lowest BCUT2D eigenvalue weighted by Crippen LogP contribution is -2.41. The summed E-state index contributed by atoms with van der Waals surface area (Å²) in [6.45, 7) is 5.32. The summed E-state index contributed by atoms with van der Waals surface area (Å²) in [6.07, 6.45) is 5.97. The molecule has 5 rings (SSSR count). The van der Waals surface area contributed by atoms with Gasteiger partial charge in [-0.25, -0.2) is 4.98 Å². The third kappa shape index (κ3) is 5.78. The summed E-state index contributed by atoms with van der Waals surface area (Å²) in [7, 11) is 1.78. The highest BCUT2D eigenvalue weighted by atomic mass is 35.5. The molecule has 3 aromatic rings. The quantitative estimate of drug-likeness (QED) is 0.526. The Kier molecular flexibility index (Phi) is 9.08. The summed E-state index contributed by atoms with van der Waals surface area (Å²) in [5.41, 5.74) is 3.99. The molecule has 1 unspecified atom stereocenters. The Hall–Kier alpha value is -2.45. The van der Waals surface area contributed by atoms with Gasteiger partial charge >= 0.3 is 0 Å². The summed E-state index contributed by atoms with van der Waals surface area (Å²) in [4.78, 5) is 26.3. The number of morpholine rings is 1. The van der Waals surface area contributed by atoms with Gasteiger partial charge in [-0.1, -0.05) is 24.3 Å². The topological polar surface area (TPSA) is 63.5 Å². The van der Waals surface area contributed by atoms with Crippen LogP contribution in [-0.2, 0) is 18.3 Å². The van der Waals surface area contributed by atoms with Crippen molar-refractivity contribution in [3.63, 3.8) is 0 Å². The molecule has 0 aliphatic carbocycles. The molecule has 0 bridgehead atoms. The van der Waals surface area contributed by atoms with Gasteiger partial charge in [0.05, 0.1) is 18.8 Å². The van der Waals surface area contributed by atoms with Crippen LogP contribution in [0.1, 0.15) is 30.1 Å². The van der Waals surface area contributed by atoms with Gasteiger partial charge in [0.1, 0.15) is 6.10 Å². The Morgan fingerprint density at radius 3 is 2.56 bits per heavy atom. The van der Waals surface area contributed by atoms with Gasteiger partial charge in [-0.2, -0.15) is 0 Å². The van der Waals surface area contributed by atoms with Crippen LogP contribution in [0.5, 0.6) is 0 Å². The van der Waals surface area contributed by atoms with Crippen molar-refractivity contribution in [3.8, 4) is 11.3 Å². The van der Waals surface area contributed by atoms with Crippen LogP contribution < -0.4 is 10.5 Å². The lowest BCUT2D eigenvalue weighted by Gasteiger charge is -2.34. The zero-order valence-corrected chi connectivity index (χ0v) is 20.9. The number of pyridine rings is 1. The van der Waals surface area contributed by atoms with E-state index in [1.807, 2.05) is 12.1 Å². The second kappa shape index (κ2) is 11.8. The first-order chi connectivity index (χ1) is 15.7. The minimum absolute atomic E-state index is 0. The molecule has 1 aromatic carbocycles.